The number of para-hydroxylation sites is 1. The molecule has 1 aliphatic heterocycles. The van der Waals surface area contributed by atoms with Gasteiger partial charge >= 0.3 is 0 Å². The van der Waals surface area contributed by atoms with Crippen molar-refractivity contribution < 1.29 is 9.53 Å². The van der Waals surface area contributed by atoms with Crippen LogP contribution in [-0.2, 0) is 4.79 Å². The summed E-state index contributed by atoms with van der Waals surface area (Å²) in [6.07, 6.45) is 0. The molecule has 0 spiro atoms. The Morgan fingerprint density at radius 1 is 0.969 bits per heavy atom. The first kappa shape index (κ1) is 21.8. The van der Waals surface area contributed by atoms with Gasteiger partial charge in [0.05, 0.1) is 0 Å². The standard InChI is InChI=1S/C26H30N4O2/c1-19(2)26-27-20(3)17-24(28-26)29-13-15-30(16-14-29)25(31)18-32-23-12-8-7-11-22(23)21-9-5-4-6-10-21/h4-12,17,19H,13-16,18H2,1-3H3. The predicted molar refractivity (Wildman–Crippen MR) is 127 cm³/mol. The molecule has 0 radical (unpaired) electrons. The third kappa shape index (κ3) is 5.07. The van der Waals surface area contributed by atoms with E-state index in [1.165, 1.54) is 0 Å². The second kappa shape index (κ2) is 9.81. The van der Waals surface area contributed by atoms with Crippen molar-refractivity contribution >= 4 is 11.7 Å². The lowest BCUT2D eigenvalue weighted by Gasteiger charge is -2.35. The molecule has 3 aromatic rings. The monoisotopic (exact) mass is 430 g/mol. The first-order valence-electron chi connectivity index (χ1n) is 11.2. The Hall–Kier alpha value is -3.41. The minimum atomic E-state index is 0.00857. The van der Waals surface area contributed by atoms with E-state index in [0.717, 1.165) is 47.3 Å². The summed E-state index contributed by atoms with van der Waals surface area (Å²) in [6.45, 7) is 9.05. The molecule has 32 heavy (non-hydrogen) atoms. The topological polar surface area (TPSA) is 58.6 Å². The molecule has 0 aliphatic carbocycles. The Bertz CT molecular complexity index is 1060. The van der Waals surface area contributed by atoms with E-state index in [2.05, 4.69) is 23.7 Å². The number of amides is 1. The fourth-order valence-electron chi connectivity index (χ4n) is 3.86. The molecule has 0 saturated carbocycles. The van der Waals surface area contributed by atoms with Crippen LogP contribution in [0.1, 0.15) is 31.3 Å². The van der Waals surface area contributed by atoms with Gasteiger partial charge in [0.1, 0.15) is 17.4 Å². The molecule has 2 aromatic carbocycles. The van der Waals surface area contributed by atoms with Crippen LogP contribution in [0.2, 0.25) is 0 Å². The maximum absolute atomic E-state index is 12.8. The number of hydrogen-bond acceptors (Lipinski definition) is 5. The summed E-state index contributed by atoms with van der Waals surface area (Å²) < 4.78 is 5.95. The van der Waals surface area contributed by atoms with E-state index in [-0.39, 0.29) is 18.4 Å². The van der Waals surface area contributed by atoms with Crippen LogP contribution in [0, 0.1) is 6.92 Å². The number of rotatable bonds is 6. The molecule has 6 nitrogen and oxygen atoms in total. The summed E-state index contributed by atoms with van der Waals surface area (Å²) in [5.74, 6) is 2.83. The molecule has 0 bridgehead atoms. The summed E-state index contributed by atoms with van der Waals surface area (Å²) in [4.78, 5) is 26.2. The summed E-state index contributed by atoms with van der Waals surface area (Å²) >= 11 is 0. The number of piperazine rings is 1. The zero-order chi connectivity index (χ0) is 22.5. The van der Waals surface area contributed by atoms with Crippen LogP contribution in [0.3, 0.4) is 0 Å². The average Bonchev–Trinajstić information content (AvgIpc) is 2.83. The number of carbonyl (C=O) groups excluding carboxylic acids is 1. The van der Waals surface area contributed by atoms with Gasteiger partial charge in [0, 0.05) is 49.4 Å². The van der Waals surface area contributed by atoms with Crippen molar-refractivity contribution in [2.75, 3.05) is 37.7 Å². The summed E-state index contributed by atoms with van der Waals surface area (Å²) in [5, 5.41) is 0. The molecule has 6 heteroatoms. The maximum atomic E-state index is 12.8. The number of ether oxygens (including phenoxy) is 1. The lowest BCUT2D eigenvalue weighted by atomic mass is 10.1. The second-order valence-corrected chi connectivity index (χ2v) is 8.40. The van der Waals surface area contributed by atoms with Crippen LogP contribution in [0.25, 0.3) is 11.1 Å². The molecular formula is C26H30N4O2. The lowest BCUT2D eigenvalue weighted by molar-refractivity contribution is -0.133. The van der Waals surface area contributed by atoms with Gasteiger partial charge in [-0.1, -0.05) is 62.4 Å². The first-order valence-corrected chi connectivity index (χ1v) is 11.2. The van der Waals surface area contributed by atoms with Crippen LogP contribution < -0.4 is 9.64 Å². The second-order valence-electron chi connectivity index (χ2n) is 8.40. The van der Waals surface area contributed by atoms with Crippen LogP contribution in [0.15, 0.2) is 60.7 Å². The number of benzene rings is 2. The summed E-state index contributed by atoms with van der Waals surface area (Å²) in [7, 11) is 0. The maximum Gasteiger partial charge on any atom is 0.260 e. The molecule has 1 aliphatic rings. The van der Waals surface area contributed by atoms with Gasteiger partial charge < -0.3 is 14.5 Å². The lowest BCUT2D eigenvalue weighted by Crippen LogP contribution is -2.50. The molecule has 0 atom stereocenters. The Balaban J connectivity index is 1.35. The molecule has 2 heterocycles. The van der Waals surface area contributed by atoms with Crippen LogP contribution >= 0.6 is 0 Å². The highest BCUT2D eigenvalue weighted by Gasteiger charge is 2.23. The Morgan fingerprint density at radius 3 is 2.38 bits per heavy atom. The molecule has 0 N–H and O–H groups in total. The zero-order valence-corrected chi connectivity index (χ0v) is 19.0. The van der Waals surface area contributed by atoms with Crippen LogP contribution in [0.4, 0.5) is 5.82 Å². The van der Waals surface area contributed by atoms with Crippen molar-refractivity contribution in [2.24, 2.45) is 0 Å². The molecule has 1 aromatic heterocycles. The van der Waals surface area contributed by atoms with E-state index in [9.17, 15) is 4.79 Å². The third-order valence-corrected chi connectivity index (χ3v) is 5.65. The number of carbonyl (C=O) groups is 1. The Kier molecular flexibility index (Phi) is 6.69. The SMILES string of the molecule is Cc1cc(N2CCN(C(=O)COc3ccccc3-c3ccccc3)CC2)nc(C(C)C)n1. The Morgan fingerprint density at radius 2 is 1.66 bits per heavy atom. The van der Waals surface area contributed by atoms with E-state index in [4.69, 9.17) is 9.72 Å². The molecule has 0 unspecified atom stereocenters. The van der Waals surface area contributed by atoms with Gasteiger partial charge in [-0.3, -0.25) is 4.79 Å². The Labute approximate surface area is 189 Å². The molecule has 1 fully saturated rings. The predicted octanol–water partition coefficient (Wildman–Crippen LogP) is 4.30. The number of aryl methyl sites for hydroxylation is 1. The summed E-state index contributed by atoms with van der Waals surface area (Å²) in [5.41, 5.74) is 3.04. The normalized spacial score (nSPS) is 14.0. The van der Waals surface area contributed by atoms with E-state index >= 15 is 0 Å². The van der Waals surface area contributed by atoms with Crippen LogP contribution in [0.5, 0.6) is 5.75 Å². The van der Waals surface area contributed by atoms with Gasteiger partial charge in [-0.2, -0.15) is 0 Å². The smallest absolute Gasteiger partial charge is 0.260 e. The average molecular weight is 431 g/mol. The van der Waals surface area contributed by atoms with Gasteiger partial charge in [0.25, 0.3) is 5.91 Å². The van der Waals surface area contributed by atoms with E-state index in [1.54, 1.807) is 0 Å². The highest BCUT2D eigenvalue weighted by molar-refractivity contribution is 5.79. The molecular weight excluding hydrogens is 400 g/mol. The molecule has 4 rings (SSSR count). The zero-order valence-electron chi connectivity index (χ0n) is 19.0. The van der Waals surface area contributed by atoms with Crippen molar-refractivity contribution in [1.29, 1.82) is 0 Å². The fourth-order valence-corrected chi connectivity index (χ4v) is 3.86. The molecule has 1 saturated heterocycles. The van der Waals surface area contributed by atoms with Gasteiger partial charge in [-0.25, -0.2) is 9.97 Å². The number of aromatic nitrogens is 2. The number of nitrogens with zero attached hydrogens (tertiary/aromatic N) is 4. The van der Waals surface area contributed by atoms with E-state index < -0.39 is 0 Å². The van der Waals surface area contributed by atoms with Gasteiger partial charge in [0.2, 0.25) is 0 Å². The first-order chi connectivity index (χ1) is 15.5. The van der Waals surface area contributed by atoms with Gasteiger partial charge in [-0.15, -0.1) is 0 Å². The van der Waals surface area contributed by atoms with Crippen molar-refractivity contribution in [1.82, 2.24) is 14.9 Å². The van der Waals surface area contributed by atoms with Crippen molar-refractivity contribution in [3.8, 4) is 16.9 Å². The third-order valence-electron chi connectivity index (χ3n) is 5.65. The minimum Gasteiger partial charge on any atom is -0.483 e. The van der Waals surface area contributed by atoms with Gasteiger partial charge in [0.15, 0.2) is 6.61 Å². The fraction of sp³-hybridized carbons (Fsp3) is 0.346. The molecule has 1 amide bonds. The largest absolute Gasteiger partial charge is 0.483 e. The quantitative estimate of drug-likeness (QED) is 0.583. The highest BCUT2D eigenvalue weighted by Crippen LogP contribution is 2.29. The van der Waals surface area contributed by atoms with Crippen LogP contribution in [-0.4, -0.2) is 53.6 Å². The number of hydrogen-bond donors (Lipinski definition) is 0. The minimum absolute atomic E-state index is 0.00857. The van der Waals surface area contributed by atoms with Gasteiger partial charge in [-0.05, 0) is 18.6 Å². The van der Waals surface area contributed by atoms with E-state index in [1.807, 2.05) is 72.5 Å². The number of anilines is 1. The summed E-state index contributed by atoms with van der Waals surface area (Å²) in [6, 6.07) is 19.9. The highest BCUT2D eigenvalue weighted by atomic mass is 16.5. The van der Waals surface area contributed by atoms with Crippen molar-refractivity contribution in [3.63, 3.8) is 0 Å². The van der Waals surface area contributed by atoms with Crippen molar-refractivity contribution in [2.45, 2.75) is 26.7 Å². The molecule has 166 valence electrons. The van der Waals surface area contributed by atoms with Crippen molar-refractivity contribution in [3.05, 3.63) is 72.2 Å². The van der Waals surface area contributed by atoms with E-state index in [0.29, 0.717) is 13.1 Å².